The Labute approximate surface area is 172 Å². The summed E-state index contributed by atoms with van der Waals surface area (Å²) in [6, 6.07) is 9.46. The van der Waals surface area contributed by atoms with Crippen LogP contribution in [0.5, 0.6) is 0 Å². The fourth-order valence-electron chi connectivity index (χ4n) is 4.05. The number of nitrogens with one attached hydrogen (secondary N) is 3. The van der Waals surface area contributed by atoms with Crippen LogP contribution in [0, 0.1) is 13.8 Å². The molecule has 1 aliphatic rings. The lowest BCUT2D eigenvalue weighted by Crippen LogP contribution is -2.24. The number of hydrogen-bond donors (Lipinski definition) is 3. The largest absolute Gasteiger partial charge is 0.346 e. The van der Waals surface area contributed by atoms with Gasteiger partial charge < -0.3 is 20.5 Å². The van der Waals surface area contributed by atoms with Crippen molar-refractivity contribution >= 4 is 29.4 Å². The summed E-state index contributed by atoms with van der Waals surface area (Å²) in [7, 11) is 1.56. The molecule has 0 spiro atoms. The second-order valence-electron chi connectivity index (χ2n) is 7.59. The molecule has 6 heteroatoms. The lowest BCUT2D eigenvalue weighted by molar-refractivity contribution is -0.111. The molecule has 1 aromatic carbocycles. The van der Waals surface area contributed by atoms with E-state index in [9.17, 15) is 9.59 Å². The highest BCUT2D eigenvalue weighted by Gasteiger charge is 2.19. The van der Waals surface area contributed by atoms with E-state index < -0.39 is 0 Å². The summed E-state index contributed by atoms with van der Waals surface area (Å²) < 4.78 is 2.44. The van der Waals surface area contributed by atoms with Gasteiger partial charge in [-0.1, -0.05) is 19.3 Å². The summed E-state index contributed by atoms with van der Waals surface area (Å²) in [4.78, 5) is 23.6. The molecule has 29 heavy (non-hydrogen) atoms. The van der Waals surface area contributed by atoms with Crippen LogP contribution in [0.3, 0.4) is 0 Å². The fraction of sp³-hybridized carbons (Fsp3) is 0.391. The molecule has 1 fully saturated rings. The van der Waals surface area contributed by atoms with Gasteiger partial charge in [0.2, 0.25) is 5.91 Å². The van der Waals surface area contributed by atoms with Gasteiger partial charge in [0.1, 0.15) is 0 Å². The molecule has 0 radical (unpaired) electrons. The number of carbonyl (C=O) groups is 2. The summed E-state index contributed by atoms with van der Waals surface area (Å²) in [5, 5.41) is 8.02. The maximum absolute atomic E-state index is 12.3. The molecule has 1 heterocycles. The Hall–Kier alpha value is -3.02. The minimum absolute atomic E-state index is 0.181. The van der Waals surface area contributed by atoms with Gasteiger partial charge in [-0.2, -0.15) is 0 Å². The van der Waals surface area contributed by atoms with E-state index in [1.807, 2.05) is 6.08 Å². The summed E-state index contributed by atoms with van der Waals surface area (Å²) in [6.07, 6.45) is 9.88. The van der Waals surface area contributed by atoms with E-state index in [-0.39, 0.29) is 11.9 Å². The summed E-state index contributed by atoms with van der Waals surface area (Å²) in [5.41, 5.74) is 4.91. The molecule has 1 aliphatic carbocycles. The number of amides is 3. The maximum Gasteiger partial charge on any atom is 0.318 e. The third-order valence-corrected chi connectivity index (χ3v) is 5.51. The van der Waals surface area contributed by atoms with Crippen molar-refractivity contribution in [3.8, 4) is 0 Å². The highest BCUT2D eigenvalue weighted by molar-refractivity contribution is 6.02. The Morgan fingerprint density at radius 2 is 1.62 bits per heavy atom. The Bertz CT molecular complexity index is 890. The monoisotopic (exact) mass is 394 g/mol. The molecule has 0 bridgehead atoms. The number of aryl methyl sites for hydroxylation is 1. The third-order valence-electron chi connectivity index (χ3n) is 5.51. The zero-order chi connectivity index (χ0) is 20.8. The quantitative estimate of drug-likeness (QED) is 0.623. The summed E-state index contributed by atoms with van der Waals surface area (Å²) in [5.74, 6) is -0.181. The fourth-order valence-corrected chi connectivity index (χ4v) is 4.05. The topological polar surface area (TPSA) is 75.2 Å². The highest BCUT2D eigenvalue weighted by atomic mass is 16.2. The molecule has 3 amide bonds. The van der Waals surface area contributed by atoms with Gasteiger partial charge in [0.25, 0.3) is 0 Å². The Morgan fingerprint density at radius 3 is 2.24 bits per heavy atom. The molecule has 154 valence electrons. The maximum atomic E-state index is 12.3. The predicted molar refractivity (Wildman–Crippen MR) is 118 cm³/mol. The van der Waals surface area contributed by atoms with Crippen molar-refractivity contribution in [1.29, 1.82) is 0 Å². The van der Waals surface area contributed by atoms with Crippen LogP contribution in [0.15, 0.2) is 36.4 Å². The van der Waals surface area contributed by atoms with Crippen molar-refractivity contribution in [2.45, 2.75) is 52.0 Å². The number of rotatable bonds is 5. The van der Waals surface area contributed by atoms with E-state index in [1.165, 1.54) is 43.5 Å². The molecule has 3 rings (SSSR count). The number of anilines is 2. The number of aromatic nitrogens is 1. The average molecular weight is 395 g/mol. The zero-order valence-electron chi connectivity index (χ0n) is 17.4. The lowest BCUT2D eigenvalue weighted by Gasteiger charge is -2.26. The van der Waals surface area contributed by atoms with E-state index >= 15 is 0 Å². The van der Waals surface area contributed by atoms with Crippen molar-refractivity contribution in [1.82, 2.24) is 9.88 Å². The lowest BCUT2D eigenvalue weighted by atomic mass is 9.95. The first kappa shape index (κ1) is 20.7. The van der Waals surface area contributed by atoms with Crippen molar-refractivity contribution < 1.29 is 9.59 Å². The minimum Gasteiger partial charge on any atom is -0.346 e. The molecule has 2 aromatic rings. The van der Waals surface area contributed by atoms with Gasteiger partial charge in [-0.25, -0.2) is 4.79 Å². The van der Waals surface area contributed by atoms with Crippen LogP contribution in [-0.2, 0) is 4.79 Å². The number of benzene rings is 1. The number of urea groups is 1. The first-order valence-corrected chi connectivity index (χ1v) is 10.2. The number of hydrogen-bond acceptors (Lipinski definition) is 2. The molecule has 0 aliphatic heterocycles. The first-order chi connectivity index (χ1) is 14.0. The smallest absolute Gasteiger partial charge is 0.318 e. The molecule has 1 saturated carbocycles. The number of carbonyl (C=O) groups excluding carboxylic acids is 2. The molecule has 3 N–H and O–H groups in total. The molecular weight excluding hydrogens is 364 g/mol. The third kappa shape index (κ3) is 5.28. The molecule has 6 nitrogen and oxygen atoms in total. The van der Waals surface area contributed by atoms with Crippen LogP contribution >= 0.6 is 0 Å². The van der Waals surface area contributed by atoms with Crippen molar-refractivity contribution in [3.63, 3.8) is 0 Å². The van der Waals surface area contributed by atoms with Crippen LogP contribution in [0.1, 0.15) is 55.1 Å². The second kappa shape index (κ2) is 9.45. The second-order valence-corrected chi connectivity index (χ2v) is 7.59. The summed E-state index contributed by atoms with van der Waals surface area (Å²) >= 11 is 0. The van der Waals surface area contributed by atoms with E-state index in [0.717, 1.165) is 5.56 Å². The van der Waals surface area contributed by atoms with Gasteiger partial charge >= 0.3 is 6.03 Å². The standard InChI is InChI=1S/C23H30N4O2/c1-16-15-18(17(2)27(16)21-7-5-4-6-8-21)9-14-22(28)25-19-10-12-20(13-11-19)26-23(29)24-3/h9-15,21H,4-8H2,1-3H3,(H,25,28)(H2,24,26,29)/b14-9+. The molecule has 0 unspecified atom stereocenters. The van der Waals surface area contributed by atoms with Gasteiger partial charge in [-0.3, -0.25) is 4.79 Å². The van der Waals surface area contributed by atoms with Crippen molar-refractivity contribution in [2.75, 3.05) is 17.7 Å². The van der Waals surface area contributed by atoms with E-state index in [1.54, 1.807) is 37.4 Å². The van der Waals surface area contributed by atoms with Gasteiger partial charge in [0, 0.05) is 41.9 Å². The van der Waals surface area contributed by atoms with Crippen LogP contribution in [0.25, 0.3) is 6.08 Å². The molecule has 1 aromatic heterocycles. The summed E-state index contributed by atoms with van der Waals surface area (Å²) in [6.45, 7) is 4.28. The minimum atomic E-state index is -0.282. The highest BCUT2D eigenvalue weighted by Crippen LogP contribution is 2.32. The van der Waals surface area contributed by atoms with Gasteiger partial charge in [0.15, 0.2) is 0 Å². The van der Waals surface area contributed by atoms with Crippen LogP contribution in [-0.4, -0.2) is 23.6 Å². The first-order valence-electron chi connectivity index (χ1n) is 10.2. The van der Waals surface area contributed by atoms with Crippen molar-refractivity contribution in [3.05, 3.63) is 53.4 Å². The molecule has 0 atom stereocenters. The Kier molecular flexibility index (Phi) is 6.75. The van der Waals surface area contributed by atoms with E-state index in [2.05, 4.69) is 40.4 Å². The van der Waals surface area contributed by atoms with E-state index in [4.69, 9.17) is 0 Å². The van der Waals surface area contributed by atoms with Crippen LogP contribution in [0.4, 0.5) is 16.2 Å². The zero-order valence-corrected chi connectivity index (χ0v) is 17.4. The molecule has 0 saturated heterocycles. The van der Waals surface area contributed by atoms with Crippen molar-refractivity contribution in [2.24, 2.45) is 0 Å². The normalized spacial score (nSPS) is 14.7. The Morgan fingerprint density at radius 1 is 1.00 bits per heavy atom. The van der Waals surface area contributed by atoms with Gasteiger partial charge in [-0.05, 0) is 68.7 Å². The molecular formula is C23H30N4O2. The van der Waals surface area contributed by atoms with Crippen LogP contribution in [0.2, 0.25) is 0 Å². The van der Waals surface area contributed by atoms with Gasteiger partial charge in [-0.15, -0.1) is 0 Å². The SMILES string of the molecule is CNC(=O)Nc1ccc(NC(=O)/C=C/c2cc(C)n(C3CCCCC3)c2C)cc1. The Balaban J connectivity index is 1.62. The average Bonchev–Trinajstić information content (AvgIpc) is 3.01. The predicted octanol–water partition coefficient (Wildman–Crippen LogP) is 5.01. The van der Waals surface area contributed by atoms with E-state index in [0.29, 0.717) is 17.4 Å². The van der Waals surface area contributed by atoms with Crippen LogP contribution < -0.4 is 16.0 Å². The van der Waals surface area contributed by atoms with Gasteiger partial charge in [0.05, 0.1) is 0 Å². The number of nitrogens with zero attached hydrogens (tertiary/aromatic N) is 1.